The molecule has 15 nitrogen and oxygen atoms in total. The molecule has 1 fully saturated rings. The van der Waals surface area contributed by atoms with Crippen LogP contribution in [0.2, 0.25) is 0 Å². The molecule has 1 aromatic heterocycles. The summed E-state index contributed by atoms with van der Waals surface area (Å²) in [7, 11) is 0. The van der Waals surface area contributed by atoms with E-state index in [1.54, 1.807) is 24.3 Å². The Labute approximate surface area is 233 Å². The fourth-order valence-electron chi connectivity index (χ4n) is 4.15. The fraction of sp³-hybridized carbons (Fsp3) is 0.423. The van der Waals surface area contributed by atoms with Crippen LogP contribution >= 0.6 is 0 Å². The molecule has 15 heteroatoms. The number of hydrogen-bond donors (Lipinski definition) is 2. The van der Waals surface area contributed by atoms with E-state index < -0.39 is 85.5 Å². The molecule has 0 spiro atoms. The van der Waals surface area contributed by atoms with Gasteiger partial charge in [-0.1, -0.05) is 24.3 Å². The van der Waals surface area contributed by atoms with E-state index >= 15 is 0 Å². The number of aromatic hydroxyl groups is 2. The third kappa shape index (κ3) is 8.11. The van der Waals surface area contributed by atoms with Gasteiger partial charge in [0, 0.05) is 39.8 Å². The Bertz CT molecular complexity index is 1270. The van der Waals surface area contributed by atoms with Crippen molar-refractivity contribution in [3.8, 4) is 11.8 Å². The molecular formula is C26H29NO14. The maximum atomic E-state index is 12.3. The summed E-state index contributed by atoms with van der Waals surface area (Å²) in [6, 6.07) is 8.52. The SMILES string of the molecule is CC(=O)OC[C@H]1OC(c2ccccc2COC(=O)On2c(O)ccc2O)[C@H](OC(C)=O)[C@@H](OC(C)=O)[C@H]1OC(C)=O. The molecule has 0 aliphatic carbocycles. The Hall–Kier alpha value is -4.79. The molecule has 1 aliphatic rings. The Morgan fingerprint density at radius 3 is 1.90 bits per heavy atom. The number of esters is 4. The molecule has 222 valence electrons. The van der Waals surface area contributed by atoms with Crippen LogP contribution in [0.3, 0.4) is 0 Å². The van der Waals surface area contributed by atoms with Crippen LogP contribution in [0, 0.1) is 0 Å². The van der Waals surface area contributed by atoms with Gasteiger partial charge in [0.1, 0.15) is 25.4 Å². The average Bonchev–Trinajstić information content (AvgIpc) is 3.20. The van der Waals surface area contributed by atoms with Gasteiger partial charge in [0.05, 0.1) is 0 Å². The minimum absolute atomic E-state index is 0.310. The van der Waals surface area contributed by atoms with E-state index in [4.69, 9.17) is 33.3 Å². The van der Waals surface area contributed by atoms with E-state index in [0.29, 0.717) is 15.9 Å². The molecule has 3 rings (SSSR count). The van der Waals surface area contributed by atoms with Gasteiger partial charge in [0.15, 0.2) is 18.3 Å². The van der Waals surface area contributed by atoms with Crippen LogP contribution < -0.4 is 4.84 Å². The Kier molecular flexibility index (Phi) is 10.1. The number of benzene rings is 1. The highest BCUT2D eigenvalue weighted by atomic mass is 16.8. The highest BCUT2D eigenvalue weighted by Gasteiger charge is 2.52. The van der Waals surface area contributed by atoms with Gasteiger partial charge in [-0.3, -0.25) is 24.0 Å². The molecule has 2 N–H and O–H groups in total. The normalized spacial score (nSPS) is 21.7. The first-order valence-electron chi connectivity index (χ1n) is 12.2. The molecule has 1 aliphatic heterocycles. The van der Waals surface area contributed by atoms with Crippen LogP contribution in [-0.4, -0.2) is 76.0 Å². The Morgan fingerprint density at radius 1 is 0.756 bits per heavy atom. The third-order valence-corrected chi connectivity index (χ3v) is 5.66. The van der Waals surface area contributed by atoms with Crippen molar-refractivity contribution in [2.45, 2.75) is 64.8 Å². The monoisotopic (exact) mass is 579 g/mol. The van der Waals surface area contributed by atoms with Crippen LogP contribution in [0.4, 0.5) is 4.79 Å². The van der Waals surface area contributed by atoms with Crippen molar-refractivity contribution >= 4 is 30.0 Å². The zero-order valence-electron chi connectivity index (χ0n) is 22.5. The molecule has 2 heterocycles. The van der Waals surface area contributed by atoms with Gasteiger partial charge in [-0.15, -0.1) is 4.73 Å². The molecular weight excluding hydrogens is 550 g/mol. The summed E-state index contributed by atoms with van der Waals surface area (Å²) < 4.78 is 33.2. The van der Waals surface area contributed by atoms with Crippen LogP contribution in [0.1, 0.15) is 44.9 Å². The maximum Gasteiger partial charge on any atom is 0.534 e. The Balaban J connectivity index is 1.97. The lowest BCUT2D eigenvalue weighted by Crippen LogP contribution is -2.59. The van der Waals surface area contributed by atoms with Crippen molar-refractivity contribution in [3.63, 3.8) is 0 Å². The minimum atomic E-state index is -1.39. The van der Waals surface area contributed by atoms with Crippen LogP contribution in [0.15, 0.2) is 36.4 Å². The lowest BCUT2D eigenvalue weighted by molar-refractivity contribution is -0.254. The summed E-state index contributed by atoms with van der Waals surface area (Å²) in [5, 5.41) is 19.3. The van der Waals surface area contributed by atoms with Crippen molar-refractivity contribution in [3.05, 3.63) is 47.5 Å². The molecule has 0 radical (unpaired) electrons. The smallest absolute Gasteiger partial charge is 0.492 e. The lowest BCUT2D eigenvalue weighted by Gasteiger charge is -2.45. The zero-order valence-corrected chi connectivity index (χ0v) is 22.5. The molecule has 5 atom stereocenters. The van der Waals surface area contributed by atoms with Gasteiger partial charge in [-0.05, 0) is 11.1 Å². The summed E-state index contributed by atoms with van der Waals surface area (Å²) in [6.07, 6.45) is -7.76. The summed E-state index contributed by atoms with van der Waals surface area (Å²) in [6.45, 7) is 3.65. The first kappa shape index (κ1) is 30.7. The molecule has 2 aromatic rings. The second-order valence-electron chi connectivity index (χ2n) is 8.79. The van der Waals surface area contributed by atoms with Gasteiger partial charge < -0.3 is 38.6 Å². The lowest BCUT2D eigenvalue weighted by atomic mass is 9.88. The quantitative estimate of drug-likeness (QED) is 0.320. The van der Waals surface area contributed by atoms with Crippen LogP contribution in [-0.2, 0) is 54.2 Å². The molecule has 41 heavy (non-hydrogen) atoms. The predicted molar refractivity (Wildman–Crippen MR) is 132 cm³/mol. The first-order valence-corrected chi connectivity index (χ1v) is 12.2. The average molecular weight is 580 g/mol. The molecule has 0 bridgehead atoms. The van der Waals surface area contributed by atoms with Crippen molar-refractivity contribution < 1.29 is 67.4 Å². The summed E-state index contributed by atoms with van der Waals surface area (Å²) in [4.78, 5) is 64.7. The van der Waals surface area contributed by atoms with E-state index in [2.05, 4.69) is 0 Å². The number of carbonyl (C=O) groups excluding carboxylic acids is 5. The first-order chi connectivity index (χ1) is 19.4. The Morgan fingerprint density at radius 2 is 1.32 bits per heavy atom. The standard InChI is InChI=1S/C26H29NO14/c1-13(28)35-12-19-23(37-14(2)29)25(39-16(4)31)24(38-15(3)30)22(40-19)18-8-6-5-7-17(18)11-36-26(34)41-27-20(32)9-10-21(27)33/h5-10,19,22-25,32-33H,11-12H2,1-4H3/t19-,22?,23+,24+,25+/m1/s1. The van der Waals surface area contributed by atoms with E-state index in [1.807, 2.05) is 0 Å². The maximum absolute atomic E-state index is 12.3. The van der Waals surface area contributed by atoms with Crippen molar-refractivity contribution in [2.24, 2.45) is 0 Å². The third-order valence-electron chi connectivity index (χ3n) is 5.66. The predicted octanol–water partition coefficient (Wildman–Crippen LogP) is 1.46. The van der Waals surface area contributed by atoms with E-state index in [1.165, 1.54) is 0 Å². The van der Waals surface area contributed by atoms with E-state index in [-0.39, 0.29) is 0 Å². The second-order valence-corrected chi connectivity index (χ2v) is 8.79. The van der Waals surface area contributed by atoms with Crippen molar-refractivity contribution in [1.29, 1.82) is 0 Å². The number of ether oxygens (including phenoxy) is 6. The van der Waals surface area contributed by atoms with Gasteiger partial charge in [0.2, 0.25) is 11.8 Å². The van der Waals surface area contributed by atoms with Crippen molar-refractivity contribution in [1.82, 2.24) is 4.73 Å². The van der Waals surface area contributed by atoms with Gasteiger partial charge >= 0.3 is 30.0 Å². The molecule has 0 saturated carbocycles. The number of carbonyl (C=O) groups is 5. The number of rotatable bonds is 9. The second kappa shape index (κ2) is 13.5. The molecule has 1 saturated heterocycles. The number of aromatic nitrogens is 1. The van der Waals surface area contributed by atoms with E-state index in [9.17, 15) is 34.2 Å². The largest absolute Gasteiger partial charge is 0.534 e. The molecule has 0 amide bonds. The van der Waals surface area contributed by atoms with Crippen LogP contribution in [0.5, 0.6) is 11.8 Å². The van der Waals surface area contributed by atoms with Gasteiger partial charge in [0.25, 0.3) is 0 Å². The number of hydrogen-bond acceptors (Lipinski definition) is 14. The topological polar surface area (TPSA) is 195 Å². The van der Waals surface area contributed by atoms with Crippen molar-refractivity contribution in [2.75, 3.05) is 6.61 Å². The molecule has 1 aromatic carbocycles. The summed E-state index contributed by atoms with van der Waals surface area (Å²) in [5.74, 6) is -4.10. The summed E-state index contributed by atoms with van der Waals surface area (Å²) >= 11 is 0. The zero-order chi connectivity index (χ0) is 30.3. The molecule has 1 unspecified atom stereocenters. The van der Waals surface area contributed by atoms with Gasteiger partial charge in [-0.2, -0.15) is 0 Å². The van der Waals surface area contributed by atoms with Crippen LogP contribution in [0.25, 0.3) is 0 Å². The summed E-state index contributed by atoms with van der Waals surface area (Å²) in [5.41, 5.74) is 0.635. The minimum Gasteiger partial charge on any atom is -0.492 e. The number of nitrogens with zero attached hydrogens (tertiary/aromatic N) is 1. The fourth-order valence-corrected chi connectivity index (χ4v) is 4.15. The highest BCUT2D eigenvalue weighted by Crippen LogP contribution is 2.39. The highest BCUT2D eigenvalue weighted by molar-refractivity contribution is 5.69. The van der Waals surface area contributed by atoms with E-state index in [0.717, 1.165) is 39.8 Å². The van der Waals surface area contributed by atoms with Gasteiger partial charge in [-0.25, -0.2) is 4.79 Å².